The summed E-state index contributed by atoms with van der Waals surface area (Å²) in [7, 11) is 0. The standard InChI is InChI=1S/C22H25N3O2/c1-17(26)25(14-12-19-15-24-21-10-6-5-9-20(19)21)16-22(27)23-13-11-18-7-3-2-4-8-18/h2-10,15,24H,11-14,16H2,1H3,(H,23,27). The Balaban J connectivity index is 1.49. The predicted octanol–water partition coefficient (Wildman–Crippen LogP) is 2.92. The molecule has 3 rings (SSSR count). The number of aromatic nitrogens is 1. The topological polar surface area (TPSA) is 65.2 Å². The summed E-state index contributed by atoms with van der Waals surface area (Å²) in [6, 6.07) is 18.1. The molecule has 1 aromatic heterocycles. The first kappa shape index (κ1) is 18.7. The molecule has 140 valence electrons. The van der Waals surface area contributed by atoms with Gasteiger partial charge in [-0.25, -0.2) is 0 Å². The van der Waals surface area contributed by atoms with Crippen LogP contribution in [-0.4, -0.2) is 41.3 Å². The number of rotatable bonds is 8. The van der Waals surface area contributed by atoms with E-state index in [0.29, 0.717) is 19.5 Å². The van der Waals surface area contributed by atoms with Crippen molar-refractivity contribution in [2.24, 2.45) is 0 Å². The van der Waals surface area contributed by atoms with Gasteiger partial charge in [-0.15, -0.1) is 0 Å². The molecule has 0 fully saturated rings. The molecule has 0 unspecified atom stereocenters. The van der Waals surface area contributed by atoms with E-state index in [2.05, 4.69) is 16.4 Å². The third-order valence-electron chi connectivity index (χ3n) is 4.68. The van der Waals surface area contributed by atoms with Gasteiger partial charge in [0.1, 0.15) is 0 Å². The predicted molar refractivity (Wildman–Crippen MR) is 107 cm³/mol. The second kappa shape index (κ2) is 9.03. The molecule has 0 aliphatic rings. The van der Waals surface area contributed by atoms with Crippen molar-refractivity contribution >= 4 is 22.7 Å². The quantitative estimate of drug-likeness (QED) is 0.646. The Labute approximate surface area is 159 Å². The highest BCUT2D eigenvalue weighted by Gasteiger charge is 2.14. The Morgan fingerprint density at radius 2 is 1.74 bits per heavy atom. The number of nitrogens with zero attached hydrogens (tertiary/aromatic N) is 1. The largest absolute Gasteiger partial charge is 0.361 e. The molecule has 1 heterocycles. The summed E-state index contributed by atoms with van der Waals surface area (Å²) in [5.74, 6) is -0.215. The monoisotopic (exact) mass is 363 g/mol. The zero-order valence-electron chi connectivity index (χ0n) is 15.6. The normalized spacial score (nSPS) is 10.7. The van der Waals surface area contributed by atoms with Crippen molar-refractivity contribution in [1.82, 2.24) is 15.2 Å². The Bertz CT molecular complexity index is 902. The highest BCUT2D eigenvalue weighted by molar-refractivity contribution is 5.84. The van der Waals surface area contributed by atoms with E-state index in [0.717, 1.165) is 22.9 Å². The van der Waals surface area contributed by atoms with Crippen molar-refractivity contribution in [3.8, 4) is 0 Å². The number of aromatic amines is 1. The van der Waals surface area contributed by atoms with Crippen molar-refractivity contribution in [2.75, 3.05) is 19.6 Å². The third-order valence-corrected chi connectivity index (χ3v) is 4.68. The summed E-state index contributed by atoms with van der Waals surface area (Å²) in [4.78, 5) is 29.0. The lowest BCUT2D eigenvalue weighted by atomic mass is 10.1. The number of benzene rings is 2. The van der Waals surface area contributed by atoms with Crippen LogP contribution in [0.15, 0.2) is 60.8 Å². The molecule has 0 bridgehead atoms. The molecule has 0 atom stereocenters. The first-order valence-electron chi connectivity index (χ1n) is 9.24. The molecule has 5 heteroatoms. The number of amides is 2. The van der Waals surface area contributed by atoms with Gasteiger partial charge in [-0.3, -0.25) is 9.59 Å². The maximum absolute atomic E-state index is 12.2. The number of para-hydroxylation sites is 1. The zero-order chi connectivity index (χ0) is 19.1. The van der Waals surface area contributed by atoms with Crippen LogP contribution in [0.5, 0.6) is 0 Å². The lowest BCUT2D eigenvalue weighted by Crippen LogP contribution is -2.41. The van der Waals surface area contributed by atoms with Crippen molar-refractivity contribution in [1.29, 1.82) is 0 Å². The summed E-state index contributed by atoms with van der Waals surface area (Å²) in [5.41, 5.74) is 3.42. The molecule has 0 aliphatic heterocycles. The van der Waals surface area contributed by atoms with Gasteiger partial charge in [0.25, 0.3) is 0 Å². The van der Waals surface area contributed by atoms with Gasteiger partial charge in [-0.05, 0) is 30.0 Å². The maximum atomic E-state index is 12.2. The summed E-state index contributed by atoms with van der Waals surface area (Å²) >= 11 is 0. The van der Waals surface area contributed by atoms with Gasteiger partial charge in [0, 0.05) is 37.1 Å². The molecule has 5 nitrogen and oxygen atoms in total. The molecule has 0 radical (unpaired) electrons. The van der Waals surface area contributed by atoms with Crippen LogP contribution in [0.4, 0.5) is 0 Å². The maximum Gasteiger partial charge on any atom is 0.239 e. The van der Waals surface area contributed by atoms with Crippen molar-refractivity contribution in [2.45, 2.75) is 19.8 Å². The van der Waals surface area contributed by atoms with Crippen molar-refractivity contribution in [3.05, 3.63) is 71.9 Å². The van der Waals surface area contributed by atoms with Gasteiger partial charge in [-0.2, -0.15) is 0 Å². The SMILES string of the molecule is CC(=O)N(CCc1c[nH]c2ccccc12)CC(=O)NCCc1ccccc1. The Hall–Kier alpha value is -3.08. The van der Waals surface area contributed by atoms with Crippen LogP contribution in [0, 0.1) is 0 Å². The first-order valence-corrected chi connectivity index (χ1v) is 9.24. The number of hydrogen-bond donors (Lipinski definition) is 2. The van der Waals surface area contributed by atoms with E-state index in [9.17, 15) is 9.59 Å². The molecule has 2 N–H and O–H groups in total. The van der Waals surface area contributed by atoms with Crippen LogP contribution in [0.1, 0.15) is 18.1 Å². The molecule has 0 saturated carbocycles. The highest BCUT2D eigenvalue weighted by atomic mass is 16.2. The highest BCUT2D eigenvalue weighted by Crippen LogP contribution is 2.18. The minimum Gasteiger partial charge on any atom is -0.361 e. The van der Waals surface area contributed by atoms with Gasteiger partial charge < -0.3 is 15.2 Å². The second-order valence-electron chi connectivity index (χ2n) is 6.64. The molecule has 27 heavy (non-hydrogen) atoms. The average molecular weight is 363 g/mol. The van der Waals surface area contributed by atoms with E-state index in [4.69, 9.17) is 0 Å². The third kappa shape index (κ3) is 5.20. The fraction of sp³-hybridized carbons (Fsp3) is 0.273. The molecular weight excluding hydrogens is 338 g/mol. The lowest BCUT2D eigenvalue weighted by Gasteiger charge is -2.20. The summed E-state index contributed by atoms with van der Waals surface area (Å²) in [6.45, 7) is 2.68. The summed E-state index contributed by atoms with van der Waals surface area (Å²) < 4.78 is 0. The second-order valence-corrected chi connectivity index (χ2v) is 6.64. The Morgan fingerprint density at radius 1 is 1.00 bits per heavy atom. The number of nitrogens with one attached hydrogen (secondary N) is 2. The van der Waals surface area contributed by atoms with E-state index >= 15 is 0 Å². The average Bonchev–Trinajstić information content (AvgIpc) is 3.09. The number of carbonyl (C=O) groups is 2. The molecule has 2 amide bonds. The number of carbonyl (C=O) groups excluding carboxylic acids is 2. The van der Waals surface area contributed by atoms with Crippen LogP contribution in [0.25, 0.3) is 10.9 Å². The fourth-order valence-corrected chi connectivity index (χ4v) is 3.16. The minimum atomic E-state index is -0.125. The van der Waals surface area contributed by atoms with E-state index in [1.807, 2.05) is 54.7 Å². The van der Waals surface area contributed by atoms with Crippen LogP contribution in [0.2, 0.25) is 0 Å². The van der Waals surface area contributed by atoms with Crippen LogP contribution >= 0.6 is 0 Å². The first-order chi connectivity index (χ1) is 13.1. The Morgan fingerprint density at radius 3 is 2.52 bits per heavy atom. The van der Waals surface area contributed by atoms with Gasteiger partial charge in [0.05, 0.1) is 6.54 Å². The van der Waals surface area contributed by atoms with E-state index in [1.165, 1.54) is 12.5 Å². The summed E-state index contributed by atoms with van der Waals surface area (Å²) in [6.07, 6.45) is 3.46. The van der Waals surface area contributed by atoms with E-state index in [-0.39, 0.29) is 18.4 Å². The van der Waals surface area contributed by atoms with E-state index < -0.39 is 0 Å². The Kier molecular flexibility index (Phi) is 6.26. The van der Waals surface area contributed by atoms with Gasteiger partial charge in [-0.1, -0.05) is 48.5 Å². The molecule has 0 saturated heterocycles. The molecule has 0 spiro atoms. The smallest absolute Gasteiger partial charge is 0.239 e. The van der Waals surface area contributed by atoms with Crippen LogP contribution in [0.3, 0.4) is 0 Å². The molecular formula is C22H25N3O2. The van der Waals surface area contributed by atoms with Crippen molar-refractivity contribution < 1.29 is 9.59 Å². The van der Waals surface area contributed by atoms with E-state index in [1.54, 1.807) is 4.90 Å². The molecule has 0 aliphatic carbocycles. The zero-order valence-corrected chi connectivity index (χ0v) is 15.6. The number of hydrogen-bond acceptors (Lipinski definition) is 2. The van der Waals surface area contributed by atoms with Crippen LogP contribution in [-0.2, 0) is 22.4 Å². The number of H-pyrrole nitrogens is 1. The molecule has 2 aromatic carbocycles. The van der Waals surface area contributed by atoms with Gasteiger partial charge >= 0.3 is 0 Å². The van der Waals surface area contributed by atoms with Crippen LogP contribution < -0.4 is 5.32 Å². The van der Waals surface area contributed by atoms with Crippen molar-refractivity contribution in [3.63, 3.8) is 0 Å². The molecule has 3 aromatic rings. The van der Waals surface area contributed by atoms with Gasteiger partial charge in [0.2, 0.25) is 11.8 Å². The summed E-state index contributed by atoms with van der Waals surface area (Å²) in [5, 5.41) is 4.06. The minimum absolute atomic E-state index is 0.0898. The number of fused-ring (bicyclic) bond motifs is 1. The lowest BCUT2D eigenvalue weighted by molar-refractivity contribution is -0.134. The van der Waals surface area contributed by atoms with Gasteiger partial charge in [0.15, 0.2) is 0 Å². The fourth-order valence-electron chi connectivity index (χ4n) is 3.16.